The van der Waals surface area contributed by atoms with Gasteiger partial charge in [0.05, 0.1) is 4.70 Å². The standard InChI is InChI=1S/C9H7N3S2/c1-4-2-3-11-9-5(4)6-7(13-9)8(10)14-12-6/h2-3H,10H2,1H3. The van der Waals surface area contributed by atoms with Gasteiger partial charge in [-0.05, 0) is 30.1 Å². The second-order valence-corrected chi connectivity index (χ2v) is 4.94. The molecule has 5 heteroatoms. The van der Waals surface area contributed by atoms with Crippen LogP contribution in [-0.2, 0) is 0 Å². The maximum absolute atomic E-state index is 5.83. The van der Waals surface area contributed by atoms with Gasteiger partial charge in [-0.2, -0.15) is 4.37 Å². The molecule has 3 nitrogen and oxygen atoms in total. The highest BCUT2D eigenvalue weighted by Crippen LogP contribution is 2.38. The molecule has 0 aliphatic heterocycles. The Kier molecular flexibility index (Phi) is 1.54. The maximum Gasteiger partial charge on any atom is 0.126 e. The molecular formula is C9H7N3S2. The summed E-state index contributed by atoms with van der Waals surface area (Å²) in [6.07, 6.45) is 1.83. The van der Waals surface area contributed by atoms with Gasteiger partial charge in [-0.15, -0.1) is 11.3 Å². The van der Waals surface area contributed by atoms with Gasteiger partial charge in [-0.1, -0.05) is 0 Å². The number of aryl methyl sites for hydroxylation is 1. The van der Waals surface area contributed by atoms with Crippen molar-refractivity contribution in [2.24, 2.45) is 0 Å². The third kappa shape index (κ3) is 0.908. The van der Waals surface area contributed by atoms with Crippen molar-refractivity contribution in [1.29, 1.82) is 0 Å². The molecule has 70 valence electrons. The molecule has 0 aliphatic rings. The van der Waals surface area contributed by atoms with Crippen molar-refractivity contribution in [2.75, 3.05) is 5.73 Å². The predicted octanol–water partition coefficient (Wildman–Crippen LogP) is 2.80. The lowest BCUT2D eigenvalue weighted by Gasteiger charge is -1.92. The van der Waals surface area contributed by atoms with E-state index in [1.807, 2.05) is 12.3 Å². The molecule has 0 saturated heterocycles. The van der Waals surface area contributed by atoms with E-state index in [1.54, 1.807) is 11.3 Å². The molecule has 3 heterocycles. The predicted molar refractivity (Wildman–Crippen MR) is 61.9 cm³/mol. The fourth-order valence-corrected chi connectivity index (χ4v) is 3.41. The number of aromatic nitrogens is 2. The van der Waals surface area contributed by atoms with Gasteiger partial charge in [0.1, 0.15) is 15.3 Å². The molecule has 0 aromatic carbocycles. The van der Waals surface area contributed by atoms with Gasteiger partial charge in [0.2, 0.25) is 0 Å². The Morgan fingerprint density at radius 1 is 1.43 bits per heavy atom. The van der Waals surface area contributed by atoms with Crippen LogP contribution in [0.3, 0.4) is 0 Å². The first-order valence-corrected chi connectivity index (χ1v) is 5.75. The Morgan fingerprint density at radius 3 is 3.14 bits per heavy atom. The topological polar surface area (TPSA) is 51.8 Å². The van der Waals surface area contributed by atoms with Crippen LogP contribution in [0.15, 0.2) is 12.3 Å². The van der Waals surface area contributed by atoms with E-state index in [0.717, 1.165) is 25.4 Å². The minimum absolute atomic E-state index is 0.794. The Hall–Kier alpha value is -1.20. The summed E-state index contributed by atoms with van der Waals surface area (Å²) < 4.78 is 5.43. The first-order valence-electron chi connectivity index (χ1n) is 4.16. The number of rotatable bonds is 0. The van der Waals surface area contributed by atoms with Crippen molar-refractivity contribution in [1.82, 2.24) is 9.36 Å². The van der Waals surface area contributed by atoms with Crippen LogP contribution in [0, 0.1) is 6.92 Å². The van der Waals surface area contributed by atoms with E-state index in [1.165, 1.54) is 17.1 Å². The monoisotopic (exact) mass is 221 g/mol. The lowest BCUT2D eigenvalue weighted by molar-refractivity contribution is 1.40. The van der Waals surface area contributed by atoms with E-state index in [-0.39, 0.29) is 0 Å². The van der Waals surface area contributed by atoms with E-state index in [9.17, 15) is 0 Å². The smallest absolute Gasteiger partial charge is 0.126 e. The summed E-state index contributed by atoms with van der Waals surface area (Å²) in [7, 11) is 0. The number of hydrogen-bond acceptors (Lipinski definition) is 5. The summed E-state index contributed by atoms with van der Waals surface area (Å²) in [6, 6.07) is 2.00. The van der Waals surface area contributed by atoms with Crippen LogP contribution in [0.4, 0.5) is 5.00 Å². The summed E-state index contributed by atoms with van der Waals surface area (Å²) in [5, 5.41) is 1.95. The highest BCUT2D eigenvalue weighted by Gasteiger charge is 2.13. The van der Waals surface area contributed by atoms with E-state index in [4.69, 9.17) is 5.73 Å². The summed E-state index contributed by atoms with van der Waals surface area (Å²) in [5.74, 6) is 0. The van der Waals surface area contributed by atoms with Gasteiger partial charge in [-0.25, -0.2) is 4.98 Å². The van der Waals surface area contributed by atoms with Crippen molar-refractivity contribution in [3.63, 3.8) is 0 Å². The summed E-state index contributed by atoms with van der Waals surface area (Å²) in [5.41, 5.74) is 8.06. The number of pyridine rings is 1. The van der Waals surface area contributed by atoms with E-state index in [0.29, 0.717) is 0 Å². The third-order valence-electron chi connectivity index (χ3n) is 2.23. The number of nitrogens with zero attached hydrogens (tertiary/aromatic N) is 2. The van der Waals surface area contributed by atoms with Gasteiger partial charge in [-0.3, -0.25) is 0 Å². The number of nitrogens with two attached hydrogens (primary N) is 1. The van der Waals surface area contributed by atoms with Crippen molar-refractivity contribution in [2.45, 2.75) is 6.92 Å². The SMILES string of the molecule is Cc1ccnc2sc3c(N)snc3c12. The Bertz CT molecular complexity index is 623. The molecule has 0 spiro atoms. The van der Waals surface area contributed by atoms with Crippen LogP contribution in [0.5, 0.6) is 0 Å². The lowest BCUT2D eigenvalue weighted by Crippen LogP contribution is -1.76. The molecule has 0 aliphatic carbocycles. The molecule has 0 atom stereocenters. The van der Waals surface area contributed by atoms with Gasteiger partial charge in [0.25, 0.3) is 0 Å². The van der Waals surface area contributed by atoms with E-state index in [2.05, 4.69) is 16.3 Å². The third-order valence-corrected chi connectivity index (χ3v) is 4.16. The minimum atomic E-state index is 0.794. The van der Waals surface area contributed by atoms with Crippen LogP contribution in [0.1, 0.15) is 5.56 Å². The number of hydrogen-bond donors (Lipinski definition) is 1. The number of anilines is 1. The summed E-state index contributed by atoms with van der Waals surface area (Å²) in [6.45, 7) is 2.08. The summed E-state index contributed by atoms with van der Waals surface area (Å²) in [4.78, 5) is 5.35. The lowest BCUT2D eigenvalue weighted by atomic mass is 10.2. The molecule has 0 bridgehead atoms. The van der Waals surface area contributed by atoms with Crippen LogP contribution < -0.4 is 5.73 Å². The van der Waals surface area contributed by atoms with Crippen molar-refractivity contribution in [3.8, 4) is 0 Å². The number of nitrogen functional groups attached to an aromatic ring is 1. The molecule has 3 aromatic heterocycles. The zero-order chi connectivity index (χ0) is 9.71. The Morgan fingerprint density at radius 2 is 2.29 bits per heavy atom. The Labute approximate surface area is 88.4 Å². The Balaban J connectivity index is 2.65. The fourth-order valence-electron chi connectivity index (χ4n) is 1.55. The number of fused-ring (bicyclic) bond motifs is 3. The average molecular weight is 221 g/mol. The van der Waals surface area contributed by atoms with Crippen molar-refractivity contribution < 1.29 is 0 Å². The molecule has 14 heavy (non-hydrogen) atoms. The number of thiophene rings is 1. The summed E-state index contributed by atoms with van der Waals surface area (Å²) >= 11 is 2.98. The van der Waals surface area contributed by atoms with E-state index < -0.39 is 0 Å². The molecule has 0 saturated carbocycles. The molecule has 3 rings (SSSR count). The van der Waals surface area contributed by atoms with Crippen LogP contribution in [0.2, 0.25) is 0 Å². The van der Waals surface area contributed by atoms with Crippen LogP contribution in [-0.4, -0.2) is 9.36 Å². The maximum atomic E-state index is 5.83. The van der Waals surface area contributed by atoms with E-state index >= 15 is 0 Å². The zero-order valence-electron chi connectivity index (χ0n) is 7.44. The first-order chi connectivity index (χ1) is 6.77. The molecule has 2 N–H and O–H groups in total. The minimum Gasteiger partial charge on any atom is -0.388 e. The fraction of sp³-hybridized carbons (Fsp3) is 0.111. The van der Waals surface area contributed by atoms with Crippen molar-refractivity contribution in [3.05, 3.63) is 17.8 Å². The quantitative estimate of drug-likeness (QED) is 0.635. The molecule has 0 radical (unpaired) electrons. The molecule has 0 unspecified atom stereocenters. The second kappa shape index (κ2) is 2.65. The van der Waals surface area contributed by atoms with Crippen molar-refractivity contribution >= 4 is 48.3 Å². The van der Waals surface area contributed by atoms with Gasteiger partial charge in [0.15, 0.2) is 0 Å². The van der Waals surface area contributed by atoms with Gasteiger partial charge >= 0.3 is 0 Å². The molecule has 0 fully saturated rings. The molecule has 3 aromatic rings. The van der Waals surface area contributed by atoms with Crippen LogP contribution in [0.25, 0.3) is 20.4 Å². The normalized spacial score (nSPS) is 11.5. The average Bonchev–Trinajstić information content (AvgIpc) is 2.68. The highest BCUT2D eigenvalue weighted by atomic mass is 32.1. The van der Waals surface area contributed by atoms with Gasteiger partial charge in [0, 0.05) is 11.6 Å². The molecular weight excluding hydrogens is 214 g/mol. The molecule has 0 amide bonds. The van der Waals surface area contributed by atoms with Gasteiger partial charge < -0.3 is 5.73 Å². The van der Waals surface area contributed by atoms with Crippen LogP contribution >= 0.6 is 22.9 Å². The highest BCUT2D eigenvalue weighted by molar-refractivity contribution is 7.29. The largest absolute Gasteiger partial charge is 0.388 e. The zero-order valence-corrected chi connectivity index (χ0v) is 9.08. The first kappa shape index (κ1) is 8.14. The second-order valence-electron chi connectivity index (χ2n) is 3.13.